The van der Waals surface area contributed by atoms with Gasteiger partial charge in [0.2, 0.25) is 5.91 Å². The van der Waals surface area contributed by atoms with Gasteiger partial charge in [0.05, 0.1) is 4.88 Å². The van der Waals surface area contributed by atoms with Crippen LogP contribution in [0.2, 0.25) is 0 Å². The lowest BCUT2D eigenvalue weighted by atomic mass is 9.73. The summed E-state index contributed by atoms with van der Waals surface area (Å²) >= 11 is 1.55. The number of nitrogens with zero attached hydrogens (tertiary/aromatic N) is 2. The second kappa shape index (κ2) is 7.23. The van der Waals surface area contributed by atoms with Crippen LogP contribution in [0.15, 0.2) is 12.1 Å². The smallest absolute Gasteiger partial charge is 0.263 e. The van der Waals surface area contributed by atoms with Gasteiger partial charge in [-0.05, 0) is 44.7 Å². The molecule has 0 bridgehead atoms. The lowest BCUT2D eigenvalue weighted by Gasteiger charge is -2.48. The molecule has 2 saturated heterocycles. The number of aliphatic hydroxyl groups excluding tert-OH is 1. The molecule has 0 radical (unpaired) electrons. The van der Waals surface area contributed by atoms with Crippen LogP contribution in [0.4, 0.5) is 0 Å². The van der Waals surface area contributed by atoms with Crippen molar-refractivity contribution in [2.75, 3.05) is 32.8 Å². The average molecular weight is 350 g/mol. The highest BCUT2D eigenvalue weighted by molar-refractivity contribution is 7.13. The summed E-state index contributed by atoms with van der Waals surface area (Å²) in [5, 5.41) is 9.04. The van der Waals surface area contributed by atoms with Crippen molar-refractivity contribution < 1.29 is 14.7 Å². The number of rotatable bonds is 4. The molecule has 5 nitrogen and oxygen atoms in total. The van der Waals surface area contributed by atoms with Gasteiger partial charge in [-0.1, -0.05) is 0 Å². The Bertz CT molecular complexity index is 615. The fourth-order valence-corrected chi connectivity index (χ4v) is 4.82. The van der Waals surface area contributed by atoms with Crippen LogP contribution in [0, 0.1) is 12.3 Å². The van der Waals surface area contributed by atoms with Gasteiger partial charge in [0, 0.05) is 49.5 Å². The lowest BCUT2D eigenvalue weighted by Crippen LogP contribution is -2.55. The summed E-state index contributed by atoms with van der Waals surface area (Å²) < 4.78 is 0. The Morgan fingerprint density at radius 2 is 2.17 bits per heavy atom. The van der Waals surface area contributed by atoms with Crippen LogP contribution < -0.4 is 0 Å². The third-order valence-corrected chi connectivity index (χ3v) is 6.22. The molecule has 0 unspecified atom stereocenters. The van der Waals surface area contributed by atoms with Gasteiger partial charge >= 0.3 is 0 Å². The van der Waals surface area contributed by atoms with E-state index in [1.165, 1.54) is 0 Å². The molecule has 6 heteroatoms. The highest BCUT2D eigenvalue weighted by Gasteiger charge is 2.42. The van der Waals surface area contributed by atoms with Crippen LogP contribution in [0.3, 0.4) is 0 Å². The molecule has 3 rings (SSSR count). The number of carbonyl (C=O) groups is 2. The predicted molar refractivity (Wildman–Crippen MR) is 94.1 cm³/mol. The molecule has 1 aromatic heterocycles. The Morgan fingerprint density at radius 1 is 1.33 bits per heavy atom. The number of likely N-dealkylation sites (tertiary alicyclic amines) is 2. The molecule has 132 valence electrons. The summed E-state index contributed by atoms with van der Waals surface area (Å²) in [6, 6.07) is 3.91. The number of thiophene rings is 1. The van der Waals surface area contributed by atoms with E-state index in [-0.39, 0.29) is 23.8 Å². The zero-order chi connectivity index (χ0) is 17.2. The summed E-state index contributed by atoms with van der Waals surface area (Å²) in [5.74, 6) is 0.317. The van der Waals surface area contributed by atoms with Gasteiger partial charge in [0.15, 0.2) is 0 Å². The molecule has 0 aromatic carbocycles. The van der Waals surface area contributed by atoms with Crippen LogP contribution in [0.5, 0.6) is 0 Å². The van der Waals surface area contributed by atoms with E-state index < -0.39 is 0 Å². The van der Waals surface area contributed by atoms with E-state index in [2.05, 4.69) is 0 Å². The fraction of sp³-hybridized carbons (Fsp3) is 0.667. The van der Waals surface area contributed by atoms with Crippen molar-refractivity contribution >= 4 is 23.2 Å². The quantitative estimate of drug-likeness (QED) is 0.906. The van der Waals surface area contributed by atoms with E-state index in [4.69, 9.17) is 5.11 Å². The lowest BCUT2D eigenvalue weighted by molar-refractivity contribution is -0.139. The molecule has 1 aromatic rings. The maximum Gasteiger partial charge on any atom is 0.263 e. The minimum atomic E-state index is 0.0313. The monoisotopic (exact) mass is 350 g/mol. The number of aryl methyl sites for hydroxylation is 1. The van der Waals surface area contributed by atoms with Gasteiger partial charge < -0.3 is 14.9 Å². The standard InChI is InChI=1S/C18H26N2O3S/c1-14-4-5-15(24-14)17(23)20-9-2-7-18(13-20)8-6-16(22)19(12-18)10-3-11-21/h4-5,21H,2-3,6-13H2,1H3/t18-/m1/s1. The van der Waals surface area contributed by atoms with Crippen LogP contribution in [0.1, 0.15) is 46.7 Å². The predicted octanol–water partition coefficient (Wildman–Crippen LogP) is 2.28. The Balaban J connectivity index is 1.69. The maximum absolute atomic E-state index is 12.8. The van der Waals surface area contributed by atoms with Crippen molar-refractivity contribution in [3.05, 3.63) is 21.9 Å². The second-order valence-electron chi connectivity index (χ2n) is 7.13. The molecule has 2 aliphatic heterocycles. The normalized spacial score (nSPS) is 24.7. The minimum Gasteiger partial charge on any atom is -0.396 e. The Kier molecular flexibility index (Phi) is 5.25. The van der Waals surface area contributed by atoms with Gasteiger partial charge in [-0.15, -0.1) is 11.3 Å². The number of hydrogen-bond donors (Lipinski definition) is 1. The third kappa shape index (κ3) is 3.64. The zero-order valence-electron chi connectivity index (χ0n) is 14.3. The molecule has 3 heterocycles. The topological polar surface area (TPSA) is 60.9 Å². The largest absolute Gasteiger partial charge is 0.396 e. The van der Waals surface area contributed by atoms with Crippen LogP contribution >= 0.6 is 11.3 Å². The van der Waals surface area contributed by atoms with Crippen molar-refractivity contribution in [1.82, 2.24) is 9.80 Å². The van der Waals surface area contributed by atoms with E-state index in [1.807, 2.05) is 28.9 Å². The van der Waals surface area contributed by atoms with Gasteiger partial charge in [0.1, 0.15) is 0 Å². The first-order valence-electron chi connectivity index (χ1n) is 8.77. The SMILES string of the molecule is Cc1ccc(C(=O)N2CCC[C@]3(CCC(=O)N(CCCO)C3)C2)s1. The van der Waals surface area contributed by atoms with Crippen LogP contribution in [-0.4, -0.2) is 59.5 Å². The van der Waals surface area contributed by atoms with E-state index in [0.717, 1.165) is 48.7 Å². The maximum atomic E-state index is 12.8. The van der Waals surface area contributed by atoms with Crippen LogP contribution in [-0.2, 0) is 4.79 Å². The van der Waals surface area contributed by atoms with Crippen molar-refractivity contribution in [2.45, 2.75) is 39.0 Å². The fourth-order valence-electron chi connectivity index (χ4n) is 3.99. The van der Waals surface area contributed by atoms with Crippen molar-refractivity contribution in [3.8, 4) is 0 Å². The van der Waals surface area contributed by atoms with Crippen LogP contribution in [0.25, 0.3) is 0 Å². The second-order valence-corrected chi connectivity index (χ2v) is 8.42. The number of aliphatic hydroxyl groups is 1. The summed E-state index contributed by atoms with van der Waals surface area (Å²) in [5.41, 5.74) is 0.0313. The molecular weight excluding hydrogens is 324 g/mol. The van der Waals surface area contributed by atoms with Crippen molar-refractivity contribution in [1.29, 1.82) is 0 Å². The first-order valence-corrected chi connectivity index (χ1v) is 9.59. The highest BCUT2D eigenvalue weighted by Crippen LogP contribution is 2.39. The van der Waals surface area contributed by atoms with E-state index in [0.29, 0.717) is 19.4 Å². The van der Waals surface area contributed by atoms with Gasteiger partial charge in [-0.2, -0.15) is 0 Å². The molecule has 0 saturated carbocycles. The van der Waals surface area contributed by atoms with Crippen molar-refractivity contribution in [2.24, 2.45) is 5.41 Å². The molecule has 24 heavy (non-hydrogen) atoms. The van der Waals surface area contributed by atoms with E-state index >= 15 is 0 Å². The molecule has 1 N–H and O–H groups in total. The Hall–Kier alpha value is -1.40. The van der Waals surface area contributed by atoms with E-state index in [9.17, 15) is 9.59 Å². The first-order chi connectivity index (χ1) is 11.5. The van der Waals surface area contributed by atoms with Gasteiger partial charge in [-0.3, -0.25) is 9.59 Å². The first kappa shape index (κ1) is 17.4. The molecule has 2 aliphatic rings. The summed E-state index contributed by atoms with van der Waals surface area (Å²) in [7, 11) is 0. The molecule has 1 spiro atoms. The number of piperidine rings is 2. The Morgan fingerprint density at radius 3 is 2.88 bits per heavy atom. The zero-order valence-corrected chi connectivity index (χ0v) is 15.1. The van der Waals surface area contributed by atoms with Crippen molar-refractivity contribution in [3.63, 3.8) is 0 Å². The van der Waals surface area contributed by atoms with Gasteiger partial charge in [0.25, 0.3) is 5.91 Å². The number of hydrogen-bond acceptors (Lipinski definition) is 4. The van der Waals surface area contributed by atoms with E-state index in [1.54, 1.807) is 11.3 Å². The third-order valence-electron chi connectivity index (χ3n) is 5.23. The summed E-state index contributed by atoms with van der Waals surface area (Å²) in [4.78, 5) is 30.8. The molecule has 1 atom stereocenters. The highest BCUT2D eigenvalue weighted by atomic mass is 32.1. The Labute approximate surface area is 147 Å². The van der Waals surface area contributed by atoms with Gasteiger partial charge in [-0.25, -0.2) is 0 Å². The molecule has 0 aliphatic carbocycles. The molecule has 2 amide bonds. The average Bonchev–Trinajstić information content (AvgIpc) is 3.02. The minimum absolute atomic E-state index is 0.0313. The molecule has 2 fully saturated rings. The molecular formula is C18H26N2O3S. The summed E-state index contributed by atoms with van der Waals surface area (Å²) in [6.45, 7) is 5.02. The summed E-state index contributed by atoms with van der Waals surface area (Å²) in [6.07, 6.45) is 4.13. The number of amides is 2. The number of carbonyl (C=O) groups excluding carboxylic acids is 2.